The van der Waals surface area contributed by atoms with Crippen LogP contribution in [0.3, 0.4) is 0 Å². The number of nitrogens with zero attached hydrogens (tertiary/aromatic N) is 7. The maximum Gasteiger partial charge on any atom is 0.573 e. The summed E-state index contributed by atoms with van der Waals surface area (Å²) in [5, 5.41) is 3.15. The van der Waals surface area contributed by atoms with E-state index in [2.05, 4.69) is 31.3 Å². The number of likely N-dealkylation sites (tertiary alicyclic amines) is 3. The van der Waals surface area contributed by atoms with Crippen LogP contribution in [-0.4, -0.2) is 240 Å². The van der Waals surface area contributed by atoms with Crippen molar-refractivity contribution in [3.8, 4) is 17.2 Å². The molecule has 0 amide bonds. The number of hydrogen-bond acceptors (Lipinski definition) is 20. The molecule has 96 heavy (non-hydrogen) atoms. The second-order valence-corrected chi connectivity index (χ2v) is 32.8. The molecule has 4 aromatic rings. The third-order valence-electron chi connectivity index (χ3n) is 19.3. The van der Waals surface area contributed by atoms with Crippen LogP contribution in [0.15, 0.2) is 129 Å². The van der Waals surface area contributed by atoms with E-state index in [1.54, 1.807) is 83.5 Å². The molecule has 24 nitrogen and oxygen atoms in total. The highest BCUT2D eigenvalue weighted by molar-refractivity contribution is 7.90. The number of hydrogen-bond donors (Lipinski definition) is 1. The summed E-state index contributed by atoms with van der Waals surface area (Å²) in [4.78, 5) is 19.0. The van der Waals surface area contributed by atoms with Crippen molar-refractivity contribution in [2.75, 3.05) is 139 Å². The lowest BCUT2D eigenvalue weighted by Crippen LogP contribution is -2.55. The first kappa shape index (κ1) is 73.5. The fourth-order valence-corrected chi connectivity index (χ4v) is 20.7. The van der Waals surface area contributed by atoms with Gasteiger partial charge in [0.1, 0.15) is 40.1 Å². The van der Waals surface area contributed by atoms with Crippen LogP contribution in [0.1, 0.15) is 81.5 Å². The van der Waals surface area contributed by atoms with Crippen molar-refractivity contribution in [1.82, 2.24) is 37.2 Å². The molecule has 4 aromatic carbocycles. The SMILES string of the molecule is C=CCN1CCC2(CC1)OCCN2S(=O)(=O)c1ccc(OC)cc1.CC(=O)c1ccc(S(=O)(=O)N2CCOC23CCN(C)CC3)cc1.COc1ccc(S(=O)(=O)N2CCOC23CCN(CC2CC2)CC3)cc1.O=S(=O)(c1ccc(OC(F)(F)F)cc1)N1CCOC12CCNCC2. The zero-order valence-corrected chi connectivity index (χ0v) is 58.1. The Bertz CT molecular complexity index is 3750. The fraction of sp³-hybridized carbons (Fsp3) is 0.585. The van der Waals surface area contributed by atoms with Gasteiger partial charge in [-0.15, -0.1) is 19.8 Å². The number of Topliss-reactive ketones (excluding diaryl/α,β-unsaturated/α-hetero) is 1. The number of ketones is 1. The number of nitrogens with one attached hydrogen (secondary N) is 1. The monoisotopic (exact) mass is 1420 g/mol. The Kier molecular flexibility index (Phi) is 23.2. The molecule has 0 radical (unpaired) electrons. The van der Waals surface area contributed by atoms with Gasteiger partial charge in [0.2, 0.25) is 40.1 Å². The summed E-state index contributed by atoms with van der Waals surface area (Å²) in [6.07, 6.45) is 5.00. The predicted molar refractivity (Wildman–Crippen MR) is 349 cm³/mol. The van der Waals surface area contributed by atoms with Crippen LogP contribution in [0.2, 0.25) is 0 Å². The average molecular weight is 1420 g/mol. The number of sulfonamides is 4. The molecular weight excluding hydrogens is 1330 g/mol. The van der Waals surface area contributed by atoms with Crippen molar-refractivity contribution in [2.45, 2.75) is 120 Å². The van der Waals surface area contributed by atoms with Crippen molar-refractivity contribution >= 4 is 45.9 Å². The second-order valence-electron chi connectivity index (χ2n) is 25.3. The van der Waals surface area contributed by atoms with Crippen molar-refractivity contribution in [1.29, 1.82) is 0 Å². The Balaban J connectivity index is 0.000000139. The third-order valence-corrected chi connectivity index (χ3v) is 27.1. The molecule has 8 aliphatic heterocycles. The van der Waals surface area contributed by atoms with E-state index in [9.17, 15) is 51.6 Å². The lowest BCUT2D eigenvalue weighted by molar-refractivity contribution is -0.274. The highest BCUT2D eigenvalue weighted by Crippen LogP contribution is 2.43. The molecular formula is C65H89F3N8O16S4. The standard InChI is InChI=1S/C18H26N2O4S.C17H24N2O4S.C16H22N2O4S.C14H17F3N2O4S/c1-23-16-4-6-17(7-5-16)25(21,22)20-12-13-24-18(20)8-10-19(11-9-18)14-15-2-3-15;1-3-10-18-11-8-17(9-12-18)19(13-14-23-17)24(20,21)16-6-4-15(22-2)5-7-16;1-13(19)14-3-5-15(6-4-14)23(20,21)18-11-12-22-16(18)7-9-17(2)10-8-16;15-14(16,17)23-11-1-3-12(4-2-11)24(20,21)19-9-10-22-13(19)5-7-18-8-6-13/h4-7,15H,2-3,8-14H2,1H3;3-7H,1,8-14H2,2H3;3-6H,7-12H2,1-2H3;1-4,18H,5-10H2. The van der Waals surface area contributed by atoms with Crippen LogP contribution >= 0.6 is 0 Å². The number of alkyl halides is 3. The Hall–Kier alpha value is -5.20. The van der Waals surface area contributed by atoms with Gasteiger partial charge < -0.3 is 48.3 Å². The van der Waals surface area contributed by atoms with E-state index in [-0.39, 0.29) is 27.0 Å². The molecule has 9 aliphatic rings. The minimum absolute atomic E-state index is 0.0785. The average Bonchev–Trinajstić information content (AvgIpc) is 1.52. The van der Waals surface area contributed by atoms with Crippen LogP contribution in [0.25, 0.3) is 0 Å². The van der Waals surface area contributed by atoms with E-state index in [1.165, 1.54) is 40.5 Å². The lowest BCUT2D eigenvalue weighted by atomic mass is 10.0. The van der Waals surface area contributed by atoms with Gasteiger partial charge in [0.05, 0.1) is 60.2 Å². The Morgan fingerprint density at radius 2 is 0.833 bits per heavy atom. The first-order valence-electron chi connectivity index (χ1n) is 32.5. The first-order valence-corrected chi connectivity index (χ1v) is 38.3. The van der Waals surface area contributed by atoms with Gasteiger partial charge in [0, 0.05) is 135 Å². The van der Waals surface area contributed by atoms with Crippen LogP contribution in [0, 0.1) is 5.92 Å². The molecule has 0 aromatic heterocycles. The molecule has 530 valence electrons. The van der Waals surface area contributed by atoms with Crippen LogP contribution < -0.4 is 19.5 Å². The van der Waals surface area contributed by atoms with Gasteiger partial charge in [-0.3, -0.25) is 9.69 Å². The van der Waals surface area contributed by atoms with E-state index in [0.717, 1.165) is 95.4 Å². The Labute approximate surface area is 562 Å². The van der Waals surface area contributed by atoms with Gasteiger partial charge in [-0.2, -0.15) is 17.2 Å². The van der Waals surface area contributed by atoms with E-state index in [0.29, 0.717) is 120 Å². The summed E-state index contributed by atoms with van der Waals surface area (Å²) in [7, 11) is -9.48. The second kappa shape index (κ2) is 30.3. The number of methoxy groups -OCH3 is 2. The smallest absolute Gasteiger partial charge is 0.497 e. The largest absolute Gasteiger partial charge is 0.573 e. The molecule has 9 fully saturated rings. The van der Waals surface area contributed by atoms with E-state index < -0.39 is 75.1 Å². The Morgan fingerprint density at radius 3 is 1.16 bits per heavy atom. The van der Waals surface area contributed by atoms with Gasteiger partial charge in [-0.25, -0.2) is 33.7 Å². The first-order chi connectivity index (χ1) is 45.6. The molecule has 8 heterocycles. The minimum Gasteiger partial charge on any atom is -0.497 e. The van der Waals surface area contributed by atoms with Gasteiger partial charge in [0.25, 0.3) is 0 Å². The highest BCUT2D eigenvalue weighted by atomic mass is 32.2. The summed E-state index contributed by atoms with van der Waals surface area (Å²) in [6, 6.07) is 23.5. The highest BCUT2D eigenvalue weighted by Gasteiger charge is 2.54. The summed E-state index contributed by atoms with van der Waals surface area (Å²) in [6.45, 7) is 16.6. The number of ether oxygens (including phenoxy) is 7. The number of rotatable bonds is 16. The predicted octanol–water partition coefficient (Wildman–Crippen LogP) is 6.63. The number of carbonyl (C=O) groups excluding carboxylic acids is 1. The number of benzene rings is 4. The zero-order chi connectivity index (χ0) is 68.8. The topological polar surface area (TPSA) is 253 Å². The molecule has 1 saturated carbocycles. The molecule has 0 atom stereocenters. The van der Waals surface area contributed by atoms with E-state index in [4.69, 9.17) is 28.4 Å². The summed E-state index contributed by atoms with van der Waals surface area (Å²) >= 11 is 0. The molecule has 31 heteroatoms. The summed E-state index contributed by atoms with van der Waals surface area (Å²) in [5.41, 5.74) is -2.46. The Morgan fingerprint density at radius 1 is 0.510 bits per heavy atom. The van der Waals surface area contributed by atoms with Gasteiger partial charge in [-0.05, 0) is 131 Å². The quantitative estimate of drug-likeness (QED) is 0.0912. The van der Waals surface area contributed by atoms with Gasteiger partial charge >= 0.3 is 6.36 Å². The maximum atomic E-state index is 13.2. The molecule has 13 rings (SSSR count). The van der Waals surface area contributed by atoms with Crippen molar-refractivity contribution in [3.05, 3.63) is 115 Å². The fourth-order valence-electron chi connectivity index (χ4n) is 13.8. The molecule has 0 bridgehead atoms. The number of piperidine rings is 4. The van der Waals surface area contributed by atoms with Crippen molar-refractivity contribution in [3.63, 3.8) is 0 Å². The molecule has 0 unspecified atom stereocenters. The van der Waals surface area contributed by atoms with Crippen LogP contribution in [0.5, 0.6) is 17.2 Å². The van der Waals surface area contributed by atoms with Crippen LogP contribution in [-0.2, 0) is 59.0 Å². The summed E-state index contributed by atoms with van der Waals surface area (Å²) in [5.74, 6) is 1.61. The lowest BCUT2D eigenvalue weighted by Gasteiger charge is -2.43. The molecule has 1 aliphatic carbocycles. The normalized spacial score (nSPS) is 22.8. The van der Waals surface area contributed by atoms with E-state index >= 15 is 0 Å². The van der Waals surface area contributed by atoms with E-state index in [1.807, 2.05) is 13.1 Å². The summed E-state index contributed by atoms with van der Waals surface area (Å²) < 4.78 is 184. The van der Waals surface area contributed by atoms with Crippen LogP contribution in [0.4, 0.5) is 13.2 Å². The molecule has 8 saturated heterocycles. The van der Waals surface area contributed by atoms with Crippen molar-refractivity contribution < 1.29 is 84.8 Å². The zero-order valence-electron chi connectivity index (χ0n) is 54.8. The number of carbonyl (C=O) groups is 1. The van der Waals surface area contributed by atoms with Gasteiger partial charge in [0.15, 0.2) is 5.78 Å². The molecule has 1 N–H and O–H groups in total. The minimum atomic E-state index is -4.82. The van der Waals surface area contributed by atoms with Crippen molar-refractivity contribution in [2.24, 2.45) is 5.92 Å². The third kappa shape index (κ3) is 16.5. The maximum absolute atomic E-state index is 13.2. The molecule has 4 spiro atoms. The van der Waals surface area contributed by atoms with Gasteiger partial charge in [-0.1, -0.05) is 18.2 Å². The number of halogens is 3.